The number of rotatable bonds is 11. The number of oxime groups is 3. The first-order valence-corrected chi connectivity index (χ1v) is 24.7. The van der Waals surface area contributed by atoms with Crippen molar-refractivity contribution in [2.45, 2.75) is 70.7 Å². The van der Waals surface area contributed by atoms with Crippen LogP contribution in [0.3, 0.4) is 0 Å². The zero-order valence-electron chi connectivity index (χ0n) is 40.0. The van der Waals surface area contributed by atoms with Crippen LogP contribution in [0.15, 0.2) is 143 Å². The summed E-state index contributed by atoms with van der Waals surface area (Å²) in [5.41, 5.74) is 6.06. The van der Waals surface area contributed by atoms with E-state index in [2.05, 4.69) is 25.7 Å². The lowest BCUT2D eigenvalue weighted by Crippen LogP contribution is -2.49. The van der Waals surface area contributed by atoms with Crippen LogP contribution in [-0.2, 0) is 53.5 Å². The number of hydrogen-bond acceptors (Lipinski definition) is 13. The summed E-state index contributed by atoms with van der Waals surface area (Å²) in [4.78, 5) is 54.4. The zero-order valence-corrected chi connectivity index (χ0v) is 40.7. The molecule has 0 spiro atoms. The molecule has 7 aromatic rings. The molecule has 1 aliphatic carbocycles. The van der Waals surface area contributed by atoms with Crippen molar-refractivity contribution in [1.29, 1.82) is 0 Å². The van der Waals surface area contributed by atoms with Crippen molar-refractivity contribution in [1.82, 2.24) is 10.2 Å². The maximum Gasteiger partial charge on any atom is 0.361 e. The number of likely N-dealkylation sites (tertiary alicyclic amines) is 1. The van der Waals surface area contributed by atoms with Gasteiger partial charge in [-0.05, 0) is 95.7 Å². The predicted molar refractivity (Wildman–Crippen MR) is 278 cm³/mol. The second kappa shape index (κ2) is 21.9. The summed E-state index contributed by atoms with van der Waals surface area (Å²) >= 11 is 6.48. The van der Waals surface area contributed by atoms with Gasteiger partial charge in [0.25, 0.3) is 5.91 Å². The molecule has 4 aliphatic heterocycles. The van der Waals surface area contributed by atoms with Gasteiger partial charge in [-0.3, -0.25) is 4.79 Å². The van der Waals surface area contributed by atoms with Gasteiger partial charge in [0.1, 0.15) is 31.7 Å². The number of amides is 1. The number of ether oxygens (including phenoxy) is 2. The summed E-state index contributed by atoms with van der Waals surface area (Å²) in [6, 6.07) is 40.1. The molecule has 15 nitrogen and oxygen atoms in total. The highest BCUT2D eigenvalue weighted by Crippen LogP contribution is 2.35. The number of benzene rings is 7. The quantitative estimate of drug-likeness (QED) is 0.105. The van der Waals surface area contributed by atoms with E-state index < -0.39 is 24.1 Å². The van der Waals surface area contributed by atoms with Crippen molar-refractivity contribution < 1.29 is 48.6 Å². The molecule has 1 saturated carbocycles. The number of aliphatic hydroxyl groups excluding tert-OH is 1. The highest BCUT2D eigenvalue weighted by molar-refractivity contribution is 6.46. The van der Waals surface area contributed by atoms with Crippen LogP contribution in [0, 0.1) is 0 Å². The molecule has 1 saturated heterocycles. The average molecular weight is 1000 g/mol. The molecule has 73 heavy (non-hydrogen) atoms. The van der Waals surface area contributed by atoms with E-state index in [4.69, 9.17) is 40.7 Å². The first-order chi connectivity index (χ1) is 35.6. The molecule has 16 heteroatoms. The van der Waals surface area contributed by atoms with Crippen LogP contribution in [-0.4, -0.2) is 88.5 Å². The minimum atomic E-state index is -1.07. The fourth-order valence-electron chi connectivity index (χ4n) is 9.54. The monoisotopic (exact) mass is 1000 g/mol. The van der Waals surface area contributed by atoms with E-state index in [0.29, 0.717) is 54.9 Å². The molecule has 2 fully saturated rings. The molecule has 2 atom stereocenters. The van der Waals surface area contributed by atoms with Crippen LogP contribution < -0.4 is 10.1 Å². The first-order valence-electron chi connectivity index (χ1n) is 24.4. The number of halogens is 1. The van der Waals surface area contributed by atoms with Gasteiger partial charge in [-0.15, -0.1) is 0 Å². The molecule has 3 N–H and O–H groups in total. The Labute approximate surface area is 425 Å². The van der Waals surface area contributed by atoms with Gasteiger partial charge in [-0.2, -0.15) is 0 Å². The van der Waals surface area contributed by atoms with E-state index in [1.807, 2.05) is 109 Å². The van der Waals surface area contributed by atoms with Crippen LogP contribution in [0.5, 0.6) is 5.75 Å². The smallest absolute Gasteiger partial charge is 0.361 e. The standard InChI is InChI=1S/C29H30ClN3O4.C15H13NO3.C13H9NO3/c30-24-15-19(8-12-26(24)37-20-9-10-20)28(34)25(16-33-13-3-4-14-33)31-29(35)27-22-11-7-18-5-1-2-6-21(18)23(22)17-36-32-27;1-2-18-15(17)14-12-8-7-10-5-3-4-6-11(10)13(12)9-19-16-14;15-13(16)12-10-6-5-8-3-1-2-4-9(8)11(10)7-17-14-12/h1-2,5-8,11-12,15,20,25,28,34H,3-4,9-10,13-14,16-17H2,(H,31,35);3-8H,2,9H2,1H3;1-6H,7H2,(H,15,16)/t25-,28-;;/m1../s1. The third kappa shape index (κ3) is 10.7. The van der Waals surface area contributed by atoms with E-state index in [9.17, 15) is 19.5 Å². The fourth-order valence-corrected chi connectivity index (χ4v) is 9.77. The van der Waals surface area contributed by atoms with E-state index in [-0.39, 0.29) is 29.1 Å². The molecule has 5 aliphatic rings. The summed E-state index contributed by atoms with van der Waals surface area (Å²) in [6.07, 6.45) is 3.56. The fraction of sp³-hybridized carbons (Fsp3) is 0.263. The maximum atomic E-state index is 13.6. The molecule has 0 radical (unpaired) electrons. The van der Waals surface area contributed by atoms with Crippen molar-refractivity contribution in [3.05, 3.63) is 171 Å². The number of nitrogens with one attached hydrogen (secondary N) is 1. The van der Waals surface area contributed by atoms with Crippen LogP contribution in [0.25, 0.3) is 32.3 Å². The Morgan fingerprint density at radius 2 is 1.18 bits per heavy atom. The van der Waals surface area contributed by atoms with E-state index in [0.717, 1.165) is 98.9 Å². The van der Waals surface area contributed by atoms with E-state index in [1.165, 1.54) is 0 Å². The Morgan fingerprint density at radius 1 is 0.685 bits per heavy atom. The molecule has 0 unspecified atom stereocenters. The Hall–Kier alpha value is -7.85. The molecule has 7 aromatic carbocycles. The molecule has 4 heterocycles. The lowest BCUT2D eigenvalue weighted by Gasteiger charge is -2.29. The topological polar surface area (TPSA) is 190 Å². The molecule has 0 aromatic heterocycles. The van der Waals surface area contributed by atoms with Crippen LogP contribution in [0.1, 0.15) is 77.7 Å². The summed E-state index contributed by atoms with van der Waals surface area (Å²) in [7, 11) is 0. The largest absolute Gasteiger partial charge is 0.489 e. The first kappa shape index (κ1) is 48.8. The molecule has 0 bridgehead atoms. The van der Waals surface area contributed by atoms with Crippen LogP contribution in [0.4, 0.5) is 0 Å². The number of carboxylic acid groups (broad SMARTS) is 1. The highest BCUT2D eigenvalue weighted by Gasteiger charge is 2.32. The Kier molecular flexibility index (Phi) is 14.6. The number of carboxylic acids is 1. The van der Waals surface area contributed by atoms with Crippen molar-refractivity contribution in [3.8, 4) is 5.75 Å². The summed E-state index contributed by atoms with van der Waals surface area (Å²) in [5, 5.41) is 42.0. The number of fused-ring (bicyclic) bond motifs is 9. The van der Waals surface area contributed by atoms with E-state index in [1.54, 1.807) is 25.1 Å². The SMILES string of the molecule is CCOC(=O)C1=NOCc2c1ccc1ccccc21.O=C(N[C@H](CN1CCCC1)[C@H](O)c1ccc(OC2CC2)c(Cl)c1)C1=NOCc2c1ccc1ccccc21.O=C(O)C1=NOCc2c1ccc1ccccc21. The number of carbonyl (C=O) groups excluding carboxylic acids is 2. The predicted octanol–water partition coefficient (Wildman–Crippen LogP) is 9.38. The van der Waals surface area contributed by atoms with Crippen LogP contribution in [0.2, 0.25) is 5.02 Å². The van der Waals surface area contributed by atoms with Gasteiger partial charge >= 0.3 is 11.9 Å². The van der Waals surface area contributed by atoms with Gasteiger partial charge in [0.05, 0.1) is 23.8 Å². The molecular formula is C57H52ClN5O10. The van der Waals surface area contributed by atoms with Crippen molar-refractivity contribution in [3.63, 3.8) is 0 Å². The maximum absolute atomic E-state index is 13.6. The Balaban J connectivity index is 0.000000141. The van der Waals surface area contributed by atoms with Crippen molar-refractivity contribution in [2.24, 2.45) is 15.5 Å². The minimum absolute atomic E-state index is 0.0306. The molecule has 12 rings (SSSR count). The average Bonchev–Trinajstić information content (AvgIpc) is 4.10. The molecule has 372 valence electrons. The summed E-state index contributed by atoms with van der Waals surface area (Å²) < 4.78 is 10.8. The van der Waals surface area contributed by atoms with Crippen molar-refractivity contribution in [2.75, 3.05) is 26.2 Å². The zero-order chi connectivity index (χ0) is 50.4. The molecular weight excluding hydrogens is 950 g/mol. The van der Waals surface area contributed by atoms with Gasteiger partial charge in [0.2, 0.25) is 0 Å². The summed E-state index contributed by atoms with van der Waals surface area (Å²) in [6.45, 7) is 5.47. The Morgan fingerprint density at radius 3 is 1.68 bits per heavy atom. The highest BCUT2D eigenvalue weighted by atomic mass is 35.5. The van der Waals surface area contributed by atoms with Gasteiger partial charge in [-0.25, -0.2) is 9.59 Å². The number of aliphatic hydroxyl groups is 1. The number of carbonyl (C=O) groups is 3. The third-order valence-corrected chi connectivity index (χ3v) is 13.6. The second-order valence-corrected chi connectivity index (χ2v) is 18.6. The number of hydrogen-bond donors (Lipinski definition) is 3. The number of aliphatic carboxylic acids is 1. The number of esters is 1. The van der Waals surface area contributed by atoms with Crippen LogP contribution >= 0.6 is 11.6 Å². The lowest BCUT2D eigenvalue weighted by atomic mass is 9.95. The van der Waals surface area contributed by atoms with Gasteiger partial charge < -0.3 is 44.4 Å². The number of nitrogens with zero attached hydrogens (tertiary/aromatic N) is 4. The third-order valence-electron chi connectivity index (χ3n) is 13.3. The van der Waals surface area contributed by atoms with Gasteiger partial charge in [-0.1, -0.05) is 142 Å². The minimum Gasteiger partial charge on any atom is -0.489 e. The van der Waals surface area contributed by atoms with Gasteiger partial charge in [0, 0.05) is 39.9 Å². The second-order valence-electron chi connectivity index (χ2n) is 18.1. The van der Waals surface area contributed by atoms with E-state index >= 15 is 0 Å². The van der Waals surface area contributed by atoms with Crippen molar-refractivity contribution >= 4 is 78.9 Å². The lowest BCUT2D eigenvalue weighted by molar-refractivity contribution is -0.135. The van der Waals surface area contributed by atoms with Gasteiger partial charge in [0.15, 0.2) is 17.1 Å². The Bertz CT molecular complexity index is 3350. The summed E-state index contributed by atoms with van der Waals surface area (Å²) in [5.74, 6) is -1.27. The molecule has 1 amide bonds. The normalized spacial score (nSPS) is 16.3.